The third-order valence-electron chi connectivity index (χ3n) is 2.12. The largest absolute Gasteiger partial charge is 0.428 e. The molecule has 0 saturated heterocycles. The molecule has 0 aromatic heterocycles. The van der Waals surface area contributed by atoms with Crippen LogP contribution in [0.15, 0.2) is 24.3 Å². The molecule has 1 heterocycles. The van der Waals surface area contributed by atoms with E-state index >= 15 is 0 Å². The average molecular weight is 192 g/mol. The highest BCUT2D eigenvalue weighted by atomic mass is 16.7. The Morgan fingerprint density at radius 1 is 1.43 bits per heavy atom. The van der Waals surface area contributed by atoms with Crippen molar-refractivity contribution in [3.05, 3.63) is 35.4 Å². The predicted octanol–water partition coefficient (Wildman–Crippen LogP) is 2.28. The summed E-state index contributed by atoms with van der Waals surface area (Å²) in [6.45, 7) is 2.62. The fraction of sp³-hybridized carbons (Fsp3) is 0.364. The SMILES string of the molecule is CCCO[C@H]1OC(=O)c2ccccc21. The van der Waals surface area contributed by atoms with Crippen LogP contribution in [0.25, 0.3) is 0 Å². The second kappa shape index (κ2) is 3.80. The Bertz CT molecular complexity index is 346. The highest BCUT2D eigenvalue weighted by molar-refractivity contribution is 5.93. The summed E-state index contributed by atoms with van der Waals surface area (Å²) in [7, 11) is 0. The molecule has 0 N–H and O–H groups in total. The lowest BCUT2D eigenvalue weighted by molar-refractivity contribution is -0.103. The lowest BCUT2D eigenvalue weighted by Crippen LogP contribution is -2.04. The summed E-state index contributed by atoms with van der Waals surface area (Å²) >= 11 is 0. The maximum Gasteiger partial charge on any atom is 0.341 e. The zero-order valence-corrected chi connectivity index (χ0v) is 8.03. The van der Waals surface area contributed by atoms with Crippen molar-refractivity contribution in [2.75, 3.05) is 6.61 Å². The van der Waals surface area contributed by atoms with Crippen molar-refractivity contribution in [1.29, 1.82) is 0 Å². The summed E-state index contributed by atoms with van der Waals surface area (Å²) in [6, 6.07) is 7.32. The van der Waals surface area contributed by atoms with Gasteiger partial charge in [0.1, 0.15) is 0 Å². The molecular formula is C11H12O3. The van der Waals surface area contributed by atoms with E-state index in [9.17, 15) is 4.79 Å². The third-order valence-corrected chi connectivity index (χ3v) is 2.12. The van der Waals surface area contributed by atoms with Gasteiger partial charge in [-0.3, -0.25) is 0 Å². The normalized spacial score (nSPS) is 19.2. The summed E-state index contributed by atoms with van der Waals surface area (Å²) in [5.41, 5.74) is 1.46. The fourth-order valence-corrected chi connectivity index (χ4v) is 1.46. The molecule has 2 rings (SSSR count). The topological polar surface area (TPSA) is 35.5 Å². The summed E-state index contributed by atoms with van der Waals surface area (Å²) in [6.07, 6.45) is 0.412. The number of fused-ring (bicyclic) bond motifs is 1. The number of ether oxygens (including phenoxy) is 2. The van der Waals surface area contributed by atoms with Crippen LogP contribution in [0.4, 0.5) is 0 Å². The number of esters is 1. The maximum absolute atomic E-state index is 11.3. The summed E-state index contributed by atoms with van der Waals surface area (Å²) in [4.78, 5) is 11.3. The molecule has 1 aliphatic heterocycles. The van der Waals surface area contributed by atoms with Crippen LogP contribution in [0.2, 0.25) is 0 Å². The molecule has 1 aromatic rings. The second-order valence-corrected chi connectivity index (χ2v) is 3.20. The molecule has 0 aliphatic carbocycles. The number of hydrogen-bond acceptors (Lipinski definition) is 3. The van der Waals surface area contributed by atoms with Gasteiger partial charge < -0.3 is 9.47 Å². The van der Waals surface area contributed by atoms with E-state index in [1.807, 2.05) is 25.1 Å². The van der Waals surface area contributed by atoms with E-state index in [-0.39, 0.29) is 5.97 Å². The van der Waals surface area contributed by atoms with Gasteiger partial charge in [-0.2, -0.15) is 0 Å². The van der Waals surface area contributed by atoms with Crippen molar-refractivity contribution < 1.29 is 14.3 Å². The van der Waals surface area contributed by atoms with E-state index in [1.54, 1.807) is 6.07 Å². The molecule has 0 radical (unpaired) electrons. The first-order valence-corrected chi connectivity index (χ1v) is 4.74. The number of rotatable bonds is 3. The molecule has 0 fully saturated rings. The third kappa shape index (κ3) is 1.51. The molecule has 0 unspecified atom stereocenters. The number of benzene rings is 1. The van der Waals surface area contributed by atoms with Gasteiger partial charge in [0, 0.05) is 5.56 Å². The van der Waals surface area contributed by atoms with E-state index in [4.69, 9.17) is 9.47 Å². The van der Waals surface area contributed by atoms with Crippen molar-refractivity contribution in [2.45, 2.75) is 19.6 Å². The maximum atomic E-state index is 11.3. The molecule has 1 aliphatic rings. The van der Waals surface area contributed by atoms with Crippen molar-refractivity contribution in [1.82, 2.24) is 0 Å². The lowest BCUT2D eigenvalue weighted by atomic mass is 10.1. The zero-order valence-electron chi connectivity index (χ0n) is 8.03. The Hall–Kier alpha value is -1.35. The van der Waals surface area contributed by atoms with Gasteiger partial charge >= 0.3 is 5.97 Å². The molecule has 0 spiro atoms. The standard InChI is InChI=1S/C11H12O3/c1-2-7-13-11-9-6-4-3-5-8(9)10(12)14-11/h3-6,11H,2,7H2,1H3/t11-/m0/s1. The van der Waals surface area contributed by atoms with Gasteiger partial charge in [-0.05, 0) is 12.5 Å². The monoisotopic (exact) mass is 192 g/mol. The van der Waals surface area contributed by atoms with Crippen molar-refractivity contribution >= 4 is 5.97 Å². The van der Waals surface area contributed by atoms with E-state index in [0.717, 1.165) is 12.0 Å². The van der Waals surface area contributed by atoms with Crippen LogP contribution in [0.1, 0.15) is 35.6 Å². The molecule has 1 atom stereocenters. The van der Waals surface area contributed by atoms with Gasteiger partial charge in [-0.1, -0.05) is 25.1 Å². The van der Waals surface area contributed by atoms with Crippen LogP contribution in [0, 0.1) is 0 Å². The summed E-state index contributed by atoms with van der Waals surface area (Å²) in [5.74, 6) is -0.290. The molecule has 3 nitrogen and oxygen atoms in total. The Morgan fingerprint density at radius 2 is 2.21 bits per heavy atom. The molecule has 0 bridgehead atoms. The van der Waals surface area contributed by atoms with Crippen LogP contribution in [-0.2, 0) is 9.47 Å². The molecule has 3 heteroatoms. The highest BCUT2D eigenvalue weighted by Gasteiger charge is 2.30. The van der Waals surface area contributed by atoms with Crippen LogP contribution in [-0.4, -0.2) is 12.6 Å². The van der Waals surface area contributed by atoms with Crippen molar-refractivity contribution in [3.63, 3.8) is 0 Å². The number of cyclic esters (lactones) is 1. The van der Waals surface area contributed by atoms with Gasteiger partial charge in [-0.25, -0.2) is 4.79 Å². The van der Waals surface area contributed by atoms with Gasteiger partial charge in [0.25, 0.3) is 0 Å². The minimum Gasteiger partial charge on any atom is -0.428 e. The Labute approximate surface area is 82.6 Å². The number of carbonyl (C=O) groups excluding carboxylic acids is 1. The molecular weight excluding hydrogens is 180 g/mol. The number of hydrogen-bond donors (Lipinski definition) is 0. The quantitative estimate of drug-likeness (QED) is 0.689. The molecule has 14 heavy (non-hydrogen) atoms. The van der Waals surface area contributed by atoms with Gasteiger partial charge in [0.05, 0.1) is 12.2 Å². The van der Waals surface area contributed by atoms with Crippen LogP contribution in [0.3, 0.4) is 0 Å². The summed E-state index contributed by atoms with van der Waals surface area (Å²) < 4.78 is 10.5. The average Bonchev–Trinajstić information content (AvgIpc) is 2.54. The second-order valence-electron chi connectivity index (χ2n) is 3.20. The Kier molecular flexibility index (Phi) is 2.50. The van der Waals surface area contributed by atoms with Crippen LogP contribution >= 0.6 is 0 Å². The van der Waals surface area contributed by atoms with E-state index in [2.05, 4.69) is 0 Å². The van der Waals surface area contributed by atoms with Crippen LogP contribution in [0.5, 0.6) is 0 Å². The molecule has 1 aromatic carbocycles. The van der Waals surface area contributed by atoms with Crippen LogP contribution < -0.4 is 0 Å². The first-order valence-electron chi connectivity index (χ1n) is 4.74. The van der Waals surface area contributed by atoms with Gasteiger partial charge in [0.2, 0.25) is 6.29 Å². The smallest absolute Gasteiger partial charge is 0.341 e. The number of carbonyl (C=O) groups is 1. The predicted molar refractivity (Wildman–Crippen MR) is 50.8 cm³/mol. The van der Waals surface area contributed by atoms with E-state index in [1.165, 1.54) is 0 Å². The van der Waals surface area contributed by atoms with Crippen molar-refractivity contribution in [3.8, 4) is 0 Å². The zero-order chi connectivity index (χ0) is 9.97. The van der Waals surface area contributed by atoms with Gasteiger partial charge in [0.15, 0.2) is 0 Å². The molecule has 74 valence electrons. The minimum absolute atomic E-state index is 0.290. The Balaban J connectivity index is 2.21. The lowest BCUT2D eigenvalue weighted by Gasteiger charge is -2.10. The van der Waals surface area contributed by atoms with Gasteiger partial charge in [-0.15, -0.1) is 0 Å². The summed E-state index contributed by atoms with van der Waals surface area (Å²) in [5, 5.41) is 0. The van der Waals surface area contributed by atoms with E-state index in [0.29, 0.717) is 12.2 Å². The highest BCUT2D eigenvalue weighted by Crippen LogP contribution is 2.30. The van der Waals surface area contributed by atoms with E-state index < -0.39 is 6.29 Å². The van der Waals surface area contributed by atoms with Crippen molar-refractivity contribution in [2.24, 2.45) is 0 Å². The molecule has 0 amide bonds. The first kappa shape index (κ1) is 9.21. The minimum atomic E-state index is -0.501. The fourth-order valence-electron chi connectivity index (χ4n) is 1.46. The molecule has 0 saturated carbocycles. The Morgan fingerprint density at radius 3 is 3.00 bits per heavy atom. The first-order chi connectivity index (χ1) is 6.83.